The molecule has 1 saturated heterocycles. The number of nitrogens with zero attached hydrogens (tertiary/aromatic N) is 1. The summed E-state index contributed by atoms with van der Waals surface area (Å²) < 4.78 is 0. The molecule has 5 heteroatoms. The van der Waals surface area contributed by atoms with Gasteiger partial charge in [-0.2, -0.15) is 0 Å². The van der Waals surface area contributed by atoms with E-state index in [0.717, 1.165) is 32.2 Å². The molecule has 2 fully saturated rings. The number of likely N-dealkylation sites (tertiary alicyclic amines) is 1. The number of benzene rings is 1. The molecule has 1 aliphatic heterocycles. The fourth-order valence-electron chi connectivity index (χ4n) is 4.08. The van der Waals surface area contributed by atoms with Crippen LogP contribution in [0.25, 0.3) is 0 Å². The van der Waals surface area contributed by atoms with E-state index in [0.29, 0.717) is 19.0 Å². The first-order valence-electron chi connectivity index (χ1n) is 9.95. The van der Waals surface area contributed by atoms with Gasteiger partial charge in [0.15, 0.2) is 0 Å². The summed E-state index contributed by atoms with van der Waals surface area (Å²) in [5.41, 5.74) is 3.74. The van der Waals surface area contributed by atoms with Crippen molar-refractivity contribution in [3.63, 3.8) is 0 Å². The largest absolute Gasteiger partial charge is 0.353 e. The quantitative estimate of drug-likeness (QED) is 0.846. The van der Waals surface area contributed by atoms with Crippen LogP contribution in [0.2, 0.25) is 0 Å². The predicted molar refractivity (Wildman–Crippen MR) is 103 cm³/mol. The number of urea groups is 1. The van der Waals surface area contributed by atoms with Crippen molar-refractivity contribution < 1.29 is 9.59 Å². The van der Waals surface area contributed by atoms with Gasteiger partial charge in [0.2, 0.25) is 5.91 Å². The Labute approximate surface area is 156 Å². The first-order chi connectivity index (χ1) is 12.5. The lowest BCUT2D eigenvalue weighted by Gasteiger charge is -2.26. The Morgan fingerprint density at radius 1 is 1.08 bits per heavy atom. The smallest absolute Gasteiger partial charge is 0.317 e. The maximum atomic E-state index is 12.6. The normalized spacial score (nSPS) is 20.4. The maximum Gasteiger partial charge on any atom is 0.317 e. The summed E-state index contributed by atoms with van der Waals surface area (Å²) in [5.74, 6) is 0.0457. The van der Waals surface area contributed by atoms with Gasteiger partial charge in [0.05, 0.1) is 6.04 Å². The number of aryl methyl sites for hydroxylation is 2. The van der Waals surface area contributed by atoms with Crippen molar-refractivity contribution in [2.24, 2.45) is 0 Å². The highest BCUT2D eigenvalue weighted by molar-refractivity contribution is 5.78. The molecule has 0 aromatic heterocycles. The molecule has 0 radical (unpaired) electrons. The number of amides is 3. The molecule has 1 unspecified atom stereocenters. The molecule has 3 amide bonds. The van der Waals surface area contributed by atoms with Crippen molar-refractivity contribution in [1.82, 2.24) is 15.5 Å². The molecule has 1 aromatic carbocycles. The Bertz CT molecular complexity index is 653. The SMILES string of the molecule is Cc1ccc(C2CCCN2C(=O)NCCC(=O)NC2CCCC2)cc1C. The lowest BCUT2D eigenvalue weighted by molar-refractivity contribution is -0.121. The van der Waals surface area contributed by atoms with Gasteiger partial charge in [-0.05, 0) is 56.2 Å². The maximum absolute atomic E-state index is 12.6. The van der Waals surface area contributed by atoms with Gasteiger partial charge in [0.1, 0.15) is 0 Å². The van der Waals surface area contributed by atoms with Gasteiger partial charge in [0.25, 0.3) is 0 Å². The van der Waals surface area contributed by atoms with Crippen molar-refractivity contribution >= 4 is 11.9 Å². The van der Waals surface area contributed by atoms with E-state index in [-0.39, 0.29) is 18.0 Å². The fourth-order valence-corrected chi connectivity index (χ4v) is 4.08. The minimum absolute atomic E-state index is 0.0457. The molecular weight excluding hydrogens is 326 g/mol. The van der Waals surface area contributed by atoms with Crippen LogP contribution < -0.4 is 10.6 Å². The topological polar surface area (TPSA) is 61.4 Å². The fraction of sp³-hybridized carbons (Fsp3) is 0.619. The third-order valence-corrected chi connectivity index (χ3v) is 5.78. The van der Waals surface area contributed by atoms with Crippen molar-refractivity contribution in [1.29, 1.82) is 0 Å². The zero-order chi connectivity index (χ0) is 18.5. The number of rotatable bonds is 5. The Morgan fingerprint density at radius 3 is 2.58 bits per heavy atom. The summed E-state index contributed by atoms with van der Waals surface area (Å²) in [5, 5.41) is 6.00. The average molecular weight is 357 g/mol. The first kappa shape index (κ1) is 18.7. The second-order valence-electron chi connectivity index (χ2n) is 7.73. The molecule has 1 heterocycles. The Balaban J connectivity index is 1.48. The van der Waals surface area contributed by atoms with Crippen LogP contribution in [-0.2, 0) is 4.79 Å². The predicted octanol–water partition coefficient (Wildman–Crippen LogP) is 3.60. The highest BCUT2D eigenvalue weighted by Gasteiger charge is 2.30. The van der Waals surface area contributed by atoms with Crippen LogP contribution in [0, 0.1) is 13.8 Å². The van der Waals surface area contributed by atoms with Crippen molar-refractivity contribution in [2.75, 3.05) is 13.1 Å². The molecule has 3 rings (SSSR count). The number of carbonyl (C=O) groups is 2. The second-order valence-corrected chi connectivity index (χ2v) is 7.73. The molecule has 2 N–H and O–H groups in total. The van der Waals surface area contributed by atoms with Crippen molar-refractivity contribution in [3.05, 3.63) is 34.9 Å². The van der Waals surface area contributed by atoms with E-state index in [1.165, 1.54) is 29.5 Å². The van der Waals surface area contributed by atoms with Crippen LogP contribution in [0.15, 0.2) is 18.2 Å². The highest BCUT2D eigenvalue weighted by Crippen LogP contribution is 2.32. The molecule has 1 saturated carbocycles. The molecule has 142 valence electrons. The van der Waals surface area contributed by atoms with Crippen LogP contribution in [0.5, 0.6) is 0 Å². The minimum Gasteiger partial charge on any atom is -0.353 e. The Hall–Kier alpha value is -2.04. The van der Waals surface area contributed by atoms with E-state index in [1.54, 1.807) is 0 Å². The number of nitrogens with one attached hydrogen (secondary N) is 2. The van der Waals surface area contributed by atoms with Gasteiger partial charge in [-0.3, -0.25) is 4.79 Å². The Morgan fingerprint density at radius 2 is 1.85 bits per heavy atom. The monoisotopic (exact) mass is 357 g/mol. The zero-order valence-electron chi connectivity index (χ0n) is 16.0. The van der Waals surface area contributed by atoms with Crippen LogP contribution in [-0.4, -0.2) is 36.0 Å². The lowest BCUT2D eigenvalue weighted by atomic mass is 9.99. The summed E-state index contributed by atoms with van der Waals surface area (Å²) in [4.78, 5) is 26.5. The third-order valence-electron chi connectivity index (χ3n) is 5.78. The molecule has 26 heavy (non-hydrogen) atoms. The first-order valence-corrected chi connectivity index (χ1v) is 9.95. The lowest BCUT2D eigenvalue weighted by Crippen LogP contribution is -2.41. The van der Waals surface area contributed by atoms with E-state index in [2.05, 4.69) is 42.7 Å². The molecule has 1 aromatic rings. The van der Waals surface area contributed by atoms with Crippen LogP contribution in [0.3, 0.4) is 0 Å². The molecule has 2 aliphatic rings. The van der Waals surface area contributed by atoms with Gasteiger partial charge in [-0.15, -0.1) is 0 Å². The number of hydrogen-bond donors (Lipinski definition) is 2. The van der Waals surface area contributed by atoms with Crippen LogP contribution >= 0.6 is 0 Å². The van der Waals surface area contributed by atoms with E-state index in [1.807, 2.05) is 4.90 Å². The molecule has 1 atom stereocenters. The number of hydrogen-bond acceptors (Lipinski definition) is 2. The third kappa shape index (κ3) is 4.57. The number of carbonyl (C=O) groups excluding carboxylic acids is 2. The van der Waals surface area contributed by atoms with E-state index in [4.69, 9.17) is 0 Å². The zero-order valence-corrected chi connectivity index (χ0v) is 16.0. The molecule has 0 bridgehead atoms. The van der Waals surface area contributed by atoms with Crippen molar-refractivity contribution in [2.45, 2.75) is 70.9 Å². The molecule has 5 nitrogen and oxygen atoms in total. The molecular formula is C21H31N3O2. The van der Waals surface area contributed by atoms with Crippen LogP contribution in [0.4, 0.5) is 4.79 Å². The summed E-state index contributed by atoms with van der Waals surface area (Å²) >= 11 is 0. The van der Waals surface area contributed by atoms with Crippen molar-refractivity contribution in [3.8, 4) is 0 Å². The van der Waals surface area contributed by atoms with Gasteiger partial charge < -0.3 is 15.5 Å². The van der Waals surface area contributed by atoms with Crippen LogP contribution in [0.1, 0.15) is 67.7 Å². The average Bonchev–Trinajstić information content (AvgIpc) is 3.28. The highest BCUT2D eigenvalue weighted by atomic mass is 16.2. The van der Waals surface area contributed by atoms with Gasteiger partial charge in [0, 0.05) is 25.6 Å². The standard InChI is InChI=1S/C21H31N3O2/c1-15-9-10-17(14-16(15)2)19-8-5-13-24(19)21(26)22-12-11-20(25)23-18-6-3-4-7-18/h9-10,14,18-19H,3-8,11-13H2,1-2H3,(H,22,26)(H,23,25). The van der Waals surface area contributed by atoms with E-state index >= 15 is 0 Å². The van der Waals surface area contributed by atoms with E-state index < -0.39 is 0 Å². The second kappa shape index (κ2) is 8.56. The van der Waals surface area contributed by atoms with Gasteiger partial charge >= 0.3 is 6.03 Å². The molecule has 1 aliphatic carbocycles. The van der Waals surface area contributed by atoms with Gasteiger partial charge in [-0.1, -0.05) is 31.0 Å². The summed E-state index contributed by atoms with van der Waals surface area (Å²) in [6.45, 7) is 5.39. The minimum atomic E-state index is -0.0561. The van der Waals surface area contributed by atoms with Gasteiger partial charge in [-0.25, -0.2) is 4.79 Å². The summed E-state index contributed by atoms with van der Waals surface area (Å²) in [6, 6.07) is 6.88. The summed E-state index contributed by atoms with van der Waals surface area (Å²) in [6.07, 6.45) is 6.95. The Kier molecular flexibility index (Phi) is 6.17. The summed E-state index contributed by atoms with van der Waals surface area (Å²) in [7, 11) is 0. The van der Waals surface area contributed by atoms with E-state index in [9.17, 15) is 9.59 Å². The molecule has 0 spiro atoms.